The molecule has 7 rings (SSSR count). The van der Waals surface area contributed by atoms with Crippen molar-refractivity contribution in [2.45, 2.75) is 0 Å². The molecule has 5 nitrogen and oxygen atoms in total. The second-order valence-corrected chi connectivity index (χ2v) is 9.32. The van der Waals surface area contributed by atoms with Crippen LogP contribution in [0.25, 0.3) is 67.1 Å². The standard InChI is InChI=1S/C33H20BN5/c34-28-18-26-16-15-25-17-27(19-35-29(25)30(26)36-20-28)21-11-13-24(14-12-21)33-38-31(22-7-3-1-4-8-22)37-32(39-33)23-9-5-2-6-10-23/h1-20H. The molecule has 0 aliphatic heterocycles. The minimum Gasteiger partial charge on any atom is -0.255 e. The predicted molar refractivity (Wildman–Crippen MR) is 158 cm³/mol. The van der Waals surface area contributed by atoms with Gasteiger partial charge in [0.15, 0.2) is 17.5 Å². The molecule has 0 saturated heterocycles. The first kappa shape index (κ1) is 22.9. The Bertz CT molecular complexity index is 1900. The Labute approximate surface area is 226 Å². The Balaban J connectivity index is 1.28. The molecule has 0 aliphatic rings. The Hall–Kier alpha value is -5.23. The van der Waals surface area contributed by atoms with Gasteiger partial charge in [-0.05, 0) is 11.6 Å². The molecule has 0 unspecified atom stereocenters. The van der Waals surface area contributed by atoms with Crippen molar-refractivity contribution in [2.24, 2.45) is 0 Å². The molecule has 0 fully saturated rings. The van der Waals surface area contributed by atoms with Gasteiger partial charge in [0.25, 0.3) is 0 Å². The van der Waals surface area contributed by atoms with Crippen molar-refractivity contribution in [1.29, 1.82) is 0 Å². The molecule has 180 valence electrons. The third kappa shape index (κ3) is 4.42. The van der Waals surface area contributed by atoms with E-state index in [1.165, 1.54) is 0 Å². The van der Waals surface area contributed by atoms with Gasteiger partial charge in [-0.3, -0.25) is 9.97 Å². The zero-order valence-corrected chi connectivity index (χ0v) is 20.9. The second-order valence-electron chi connectivity index (χ2n) is 9.32. The van der Waals surface area contributed by atoms with Crippen LogP contribution in [0.3, 0.4) is 0 Å². The Kier molecular flexibility index (Phi) is 5.63. The summed E-state index contributed by atoms with van der Waals surface area (Å²) in [6.45, 7) is 0. The summed E-state index contributed by atoms with van der Waals surface area (Å²) in [4.78, 5) is 23.7. The summed E-state index contributed by atoms with van der Waals surface area (Å²) in [5.41, 5.74) is 7.24. The van der Waals surface area contributed by atoms with Crippen LogP contribution >= 0.6 is 0 Å². The van der Waals surface area contributed by atoms with E-state index in [4.69, 9.17) is 27.8 Å². The van der Waals surface area contributed by atoms with E-state index in [-0.39, 0.29) is 0 Å². The molecule has 0 saturated carbocycles. The van der Waals surface area contributed by atoms with E-state index in [1.54, 1.807) is 6.20 Å². The van der Waals surface area contributed by atoms with E-state index < -0.39 is 0 Å². The second kappa shape index (κ2) is 9.58. The van der Waals surface area contributed by atoms with Gasteiger partial charge in [0.05, 0.1) is 11.0 Å². The summed E-state index contributed by atoms with van der Waals surface area (Å²) in [6, 6.07) is 36.4. The van der Waals surface area contributed by atoms with Gasteiger partial charge in [-0.15, -0.1) is 0 Å². The van der Waals surface area contributed by atoms with E-state index in [2.05, 4.69) is 29.2 Å². The van der Waals surface area contributed by atoms with Crippen molar-refractivity contribution in [3.05, 3.63) is 122 Å². The van der Waals surface area contributed by atoms with Crippen molar-refractivity contribution in [2.75, 3.05) is 0 Å². The van der Waals surface area contributed by atoms with Gasteiger partial charge in [0.1, 0.15) is 7.85 Å². The zero-order chi connectivity index (χ0) is 26.2. The molecular weight excluding hydrogens is 477 g/mol. The molecule has 4 aromatic carbocycles. The number of hydrogen-bond acceptors (Lipinski definition) is 5. The van der Waals surface area contributed by atoms with Crippen molar-refractivity contribution >= 4 is 35.1 Å². The molecule has 39 heavy (non-hydrogen) atoms. The first-order valence-electron chi connectivity index (χ1n) is 12.6. The van der Waals surface area contributed by atoms with Crippen LogP contribution in [0.5, 0.6) is 0 Å². The summed E-state index contributed by atoms with van der Waals surface area (Å²) < 4.78 is 0. The average Bonchev–Trinajstić information content (AvgIpc) is 3.01. The minimum absolute atomic E-state index is 0.628. The number of fused-ring (bicyclic) bond motifs is 3. The molecule has 0 amide bonds. The molecule has 6 heteroatoms. The van der Waals surface area contributed by atoms with Crippen LogP contribution in [0.4, 0.5) is 0 Å². The normalized spacial score (nSPS) is 11.2. The average molecular weight is 497 g/mol. The number of hydrogen-bond donors (Lipinski definition) is 0. The topological polar surface area (TPSA) is 64.5 Å². The molecule has 0 N–H and O–H groups in total. The lowest BCUT2D eigenvalue weighted by atomic mass is 9.96. The third-order valence-corrected chi connectivity index (χ3v) is 6.70. The maximum Gasteiger partial charge on any atom is 0.164 e. The fourth-order valence-electron chi connectivity index (χ4n) is 4.72. The molecule has 0 atom stereocenters. The molecule has 3 heterocycles. The molecule has 2 radical (unpaired) electrons. The fraction of sp³-hybridized carbons (Fsp3) is 0. The highest BCUT2D eigenvalue weighted by atomic mass is 15.0. The van der Waals surface area contributed by atoms with Gasteiger partial charge in [-0.25, -0.2) is 15.0 Å². The highest BCUT2D eigenvalue weighted by Gasteiger charge is 2.13. The number of rotatable bonds is 4. The molecule has 0 aliphatic carbocycles. The maximum atomic E-state index is 5.90. The van der Waals surface area contributed by atoms with E-state index in [1.807, 2.05) is 91.1 Å². The number of aromatic nitrogens is 5. The smallest absolute Gasteiger partial charge is 0.164 e. The molecule has 7 aromatic rings. The molecule has 3 aromatic heterocycles. The summed E-state index contributed by atoms with van der Waals surface area (Å²) in [7, 11) is 5.90. The van der Waals surface area contributed by atoms with Crippen LogP contribution in [-0.2, 0) is 0 Å². The number of pyridine rings is 2. The highest BCUT2D eigenvalue weighted by molar-refractivity contribution is 6.33. The van der Waals surface area contributed by atoms with E-state index in [0.717, 1.165) is 49.6 Å². The Morgan fingerprint density at radius 2 is 0.872 bits per heavy atom. The fourth-order valence-corrected chi connectivity index (χ4v) is 4.72. The van der Waals surface area contributed by atoms with Crippen LogP contribution in [0.1, 0.15) is 0 Å². The van der Waals surface area contributed by atoms with Crippen molar-refractivity contribution in [3.8, 4) is 45.3 Å². The quantitative estimate of drug-likeness (QED) is 0.207. The van der Waals surface area contributed by atoms with Crippen molar-refractivity contribution in [3.63, 3.8) is 0 Å². The first-order valence-corrected chi connectivity index (χ1v) is 12.6. The minimum atomic E-state index is 0.628. The lowest BCUT2D eigenvalue weighted by molar-refractivity contribution is 1.07. The molecule has 0 bridgehead atoms. The van der Waals surface area contributed by atoms with Gasteiger partial charge in [0.2, 0.25) is 0 Å². The van der Waals surface area contributed by atoms with Crippen LogP contribution in [-0.4, -0.2) is 32.8 Å². The monoisotopic (exact) mass is 497 g/mol. The van der Waals surface area contributed by atoms with Gasteiger partial charge in [0, 0.05) is 45.4 Å². The van der Waals surface area contributed by atoms with Gasteiger partial charge >= 0.3 is 0 Å². The Morgan fingerprint density at radius 1 is 0.410 bits per heavy atom. The van der Waals surface area contributed by atoms with E-state index in [0.29, 0.717) is 22.9 Å². The van der Waals surface area contributed by atoms with Gasteiger partial charge < -0.3 is 0 Å². The van der Waals surface area contributed by atoms with Crippen molar-refractivity contribution in [1.82, 2.24) is 24.9 Å². The summed E-state index contributed by atoms with van der Waals surface area (Å²) >= 11 is 0. The maximum absolute atomic E-state index is 5.90. The largest absolute Gasteiger partial charge is 0.255 e. The highest BCUT2D eigenvalue weighted by Crippen LogP contribution is 2.29. The third-order valence-electron chi connectivity index (χ3n) is 6.70. The van der Waals surface area contributed by atoms with Crippen molar-refractivity contribution < 1.29 is 0 Å². The Morgan fingerprint density at radius 3 is 1.44 bits per heavy atom. The number of nitrogens with zero attached hydrogens (tertiary/aromatic N) is 5. The summed E-state index contributed by atoms with van der Waals surface area (Å²) in [5, 5.41) is 2.01. The van der Waals surface area contributed by atoms with Crippen LogP contribution in [0.2, 0.25) is 0 Å². The SMILES string of the molecule is [B]c1cnc2c(ccc3cc(-c4ccc(-c5nc(-c6ccccc6)nc(-c6ccccc6)n5)cc4)cnc32)c1. The van der Waals surface area contributed by atoms with Gasteiger partial charge in [-0.1, -0.05) is 109 Å². The van der Waals surface area contributed by atoms with Crippen LogP contribution in [0, 0.1) is 0 Å². The van der Waals surface area contributed by atoms with Gasteiger partial charge in [-0.2, -0.15) is 0 Å². The summed E-state index contributed by atoms with van der Waals surface area (Å²) in [6.07, 6.45) is 3.56. The van der Waals surface area contributed by atoms with E-state index in [9.17, 15) is 0 Å². The van der Waals surface area contributed by atoms with E-state index >= 15 is 0 Å². The lowest BCUT2D eigenvalue weighted by Gasteiger charge is -2.09. The molecular formula is C33H20BN5. The van der Waals surface area contributed by atoms with Crippen LogP contribution in [0.15, 0.2) is 122 Å². The summed E-state index contributed by atoms with van der Waals surface area (Å²) in [5.74, 6) is 1.91. The predicted octanol–water partition coefficient (Wildman–Crippen LogP) is 6.43. The number of benzene rings is 4. The molecule has 0 spiro atoms. The zero-order valence-electron chi connectivity index (χ0n) is 20.9. The lowest BCUT2D eigenvalue weighted by Crippen LogP contribution is -2.02. The van der Waals surface area contributed by atoms with Crippen LogP contribution < -0.4 is 5.46 Å². The first-order chi connectivity index (χ1) is 19.2.